The lowest BCUT2D eigenvalue weighted by molar-refractivity contribution is -0.137. The normalized spacial score (nSPS) is 26.4. The molecule has 0 radical (unpaired) electrons. The van der Waals surface area contributed by atoms with E-state index in [0.717, 1.165) is 25.0 Å². The molecule has 34 heavy (non-hydrogen) atoms. The van der Waals surface area contributed by atoms with Crippen LogP contribution in [0, 0.1) is 5.92 Å². The van der Waals surface area contributed by atoms with Crippen LogP contribution < -0.4 is 5.32 Å². The first-order valence-electron chi connectivity index (χ1n) is 12.7. The molecule has 1 aromatic rings. The summed E-state index contributed by atoms with van der Waals surface area (Å²) < 4.78 is 0. The lowest BCUT2D eigenvalue weighted by Crippen LogP contribution is -2.56. The molecule has 1 aromatic heterocycles. The Morgan fingerprint density at radius 2 is 1.85 bits per heavy atom. The lowest BCUT2D eigenvalue weighted by atomic mass is 9.72. The van der Waals surface area contributed by atoms with Crippen molar-refractivity contribution in [3.63, 3.8) is 0 Å². The number of nitrogens with one attached hydrogen (secondary N) is 1. The third-order valence-electron chi connectivity index (χ3n) is 7.78. The van der Waals surface area contributed by atoms with Crippen molar-refractivity contribution in [2.75, 3.05) is 13.6 Å². The molecule has 2 amide bonds. The van der Waals surface area contributed by atoms with Crippen molar-refractivity contribution in [1.29, 1.82) is 0 Å². The molecule has 0 bridgehead atoms. The van der Waals surface area contributed by atoms with Crippen molar-refractivity contribution in [2.45, 2.75) is 109 Å². The van der Waals surface area contributed by atoms with Gasteiger partial charge in [0.15, 0.2) is 0 Å². The lowest BCUT2D eigenvalue weighted by Gasteiger charge is -2.48. The summed E-state index contributed by atoms with van der Waals surface area (Å²) in [6.45, 7) is 14.9. The minimum atomic E-state index is -0.889. The van der Waals surface area contributed by atoms with E-state index in [1.54, 1.807) is 6.07 Å². The number of hydrogen-bond acceptors (Lipinski definition) is 5. The van der Waals surface area contributed by atoms with Crippen molar-refractivity contribution in [1.82, 2.24) is 20.1 Å². The molecule has 1 saturated carbocycles. The molecule has 2 N–H and O–H groups in total. The molecule has 1 unspecified atom stereocenters. The molecule has 2 fully saturated rings. The summed E-state index contributed by atoms with van der Waals surface area (Å²) in [6, 6.07) is 5.71. The Morgan fingerprint density at radius 1 is 1.18 bits per heavy atom. The third-order valence-corrected chi connectivity index (χ3v) is 7.78. The van der Waals surface area contributed by atoms with Gasteiger partial charge in [-0.2, -0.15) is 0 Å². The van der Waals surface area contributed by atoms with E-state index in [1.165, 1.54) is 0 Å². The number of aliphatic hydroxyl groups is 1. The van der Waals surface area contributed by atoms with E-state index >= 15 is 0 Å². The highest BCUT2D eigenvalue weighted by molar-refractivity contribution is 5.96. The summed E-state index contributed by atoms with van der Waals surface area (Å²) in [6.07, 6.45) is 3.29. The molecule has 4 atom stereocenters. The maximum atomic E-state index is 13.4. The van der Waals surface area contributed by atoms with Gasteiger partial charge in [-0.1, -0.05) is 26.8 Å². The van der Waals surface area contributed by atoms with Gasteiger partial charge in [0.25, 0.3) is 5.91 Å². The van der Waals surface area contributed by atoms with Gasteiger partial charge >= 0.3 is 0 Å². The number of nitrogens with zero attached hydrogens (tertiary/aromatic N) is 3. The molecule has 2 heterocycles. The molecule has 190 valence electrons. The van der Waals surface area contributed by atoms with E-state index in [2.05, 4.69) is 56.9 Å². The number of aromatic nitrogens is 1. The first kappa shape index (κ1) is 26.6. The largest absolute Gasteiger partial charge is 0.390 e. The Hall–Kier alpha value is -1.99. The average molecular weight is 473 g/mol. The van der Waals surface area contributed by atoms with Crippen LogP contribution in [-0.4, -0.2) is 75.1 Å². The Morgan fingerprint density at radius 3 is 2.44 bits per heavy atom. The second-order valence-corrected chi connectivity index (χ2v) is 12.1. The fraction of sp³-hybridized carbons (Fsp3) is 0.741. The summed E-state index contributed by atoms with van der Waals surface area (Å²) in [4.78, 5) is 35.1. The van der Waals surface area contributed by atoms with Crippen molar-refractivity contribution < 1.29 is 14.7 Å². The van der Waals surface area contributed by atoms with Crippen molar-refractivity contribution in [2.24, 2.45) is 5.92 Å². The van der Waals surface area contributed by atoms with Crippen LogP contribution in [0.2, 0.25) is 0 Å². The van der Waals surface area contributed by atoms with Crippen LogP contribution in [0.5, 0.6) is 0 Å². The van der Waals surface area contributed by atoms with Crippen LogP contribution in [0.3, 0.4) is 0 Å². The molecule has 3 rings (SSSR count). The van der Waals surface area contributed by atoms with Crippen LogP contribution in [-0.2, 0) is 10.2 Å². The standard InChI is InChI=1S/C27H44N4O3/c1-17(2)30(8)18-12-13-22(19(16-18)27(6,7)34)31-15-14-21(25(31)33)29-24(32)20-10-9-11-23(28-20)26(3,4)5/h9-11,17-19,21-22,34H,12-16H2,1-8H3,(H,29,32)/t18-,19-,21?,22+/m1/s1. The van der Waals surface area contributed by atoms with Crippen LogP contribution >= 0.6 is 0 Å². The van der Waals surface area contributed by atoms with E-state index in [4.69, 9.17) is 0 Å². The predicted molar refractivity (Wildman–Crippen MR) is 135 cm³/mol. The zero-order chi connectivity index (χ0) is 25.4. The van der Waals surface area contributed by atoms with E-state index < -0.39 is 11.6 Å². The second-order valence-electron chi connectivity index (χ2n) is 12.1. The fourth-order valence-corrected chi connectivity index (χ4v) is 5.43. The summed E-state index contributed by atoms with van der Waals surface area (Å²) in [5, 5.41) is 13.9. The SMILES string of the molecule is CC(C)N(C)[C@@H]1CC[C@H](N2CCC(NC(=O)c3cccc(C(C)(C)C)n3)C2=O)[C@H](C(C)(C)O)C1. The number of carbonyl (C=O) groups excluding carboxylic acids is 2. The van der Waals surface area contributed by atoms with Crippen molar-refractivity contribution in [3.05, 3.63) is 29.6 Å². The van der Waals surface area contributed by atoms with Gasteiger partial charge in [-0.25, -0.2) is 4.98 Å². The first-order valence-corrected chi connectivity index (χ1v) is 12.7. The monoisotopic (exact) mass is 472 g/mol. The van der Waals surface area contributed by atoms with Crippen LogP contribution in [0.4, 0.5) is 0 Å². The number of amides is 2. The molecule has 1 aliphatic heterocycles. The highest BCUT2D eigenvalue weighted by Crippen LogP contribution is 2.39. The smallest absolute Gasteiger partial charge is 0.270 e. The highest BCUT2D eigenvalue weighted by Gasteiger charge is 2.47. The maximum absolute atomic E-state index is 13.4. The average Bonchev–Trinajstić information content (AvgIpc) is 3.11. The van der Waals surface area contributed by atoms with Crippen LogP contribution in [0.15, 0.2) is 18.2 Å². The van der Waals surface area contributed by atoms with Gasteiger partial charge in [-0.05, 0) is 72.6 Å². The van der Waals surface area contributed by atoms with Crippen molar-refractivity contribution >= 4 is 11.8 Å². The van der Waals surface area contributed by atoms with Gasteiger partial charge in [-0.15, -0.1) is 0 Å². The van der Waals surface area contributed by atoms with Gasteiger partial charge in [0.2, 0.25) is 5.91 Å². The second kappa shape index (κ2) is 9.94. The number of carbonyl (C=O) groups is 2. The number of pyridine rings is 1. The van der Waals surface area contributed by atoms with E-state index in [-0.39, 0.29) is 29.2 Å². The number of rotatable bonds is 6. The van der Waals surface area contributed by atoms with Gasteiger partial charge in [0, 0.05) is 41.7 Å². The summed E-state index contributed by atoms with van der Waals surface area (Å²) in [5.41, 5.74) is 0.131. The molecular formula is C27H44N4O3. The quantitative estimate of drug-likeness (QED) is 0.663. The third kappa shape index (κ3) is 5.80. The first-order chi connectivity index (χ1) is 15.7. The summed E-state index contributed by atoms with van der Waals surface area (Å²) >= 11 is 0. The fourth-order valence-electron chi connectivity index (χ4n) is 5.43. The topological polar surface area (TPSA) is 85.8 Å². The van der Waals surface area contributed by atoms with E-state index in [1.807, 2.05) is 30.9 Å². The molecular weight excluding hydrogens is 428 g/mol. The Kier molecular flexibility index (Phi) is 7.78. The Balaban J connectivity index is 1.71. The molecule has 2 aliphatic rings. The molecule has 0 aromatic carbocycles. The zero-order valence-corrected chi connectivity index (χ0v) is 22.3. The van der Waals surface area contributed by atoms with Crippen molar-refractivity contribution in [3.8, 4) is 0 Å². The minimum Gasteiger partial charge on any atom is -0.390 e. The van der Waals surface area contributed by atoms with Crippen LogP contribution in [0.1, 0.15) is 90.3 Å². The van der Waals surface area contributed by atoms with Gasteiger partial charge < -0.3 is 20.2 Å². The Labute approximate surface area is 205 Å². The van der Waals surface area contributed by atoms with Gasteiger partial charge in [-0.3, -0.25) is 9.59 Å². The molecule has 1 aliphatic carbocycles. The number of likely N-dealkylation sites (tertiary alicyclic amines) is 1. The minimum absolute atomic E-state index is 0.0176. The maximum Gasteiger partial charge on any atom is 0.270 e. The molecule has 7 nitrogen and oxygen atoms in total. The number of hydrogen-bond donors (Lipinski definition) is 2. The molecule has 0 spiro atoms. The predicted octanol–water partition coefficient (Wildman–Crippen LogP) is 3.36. The van der Waals surface area contributed by atoms with Gasteiger partial charge in [0.05, 0.1) is 5.60 Å². The van der Waals surface area contributed by atoms with Crippen LogP contribution in [0.25, 0.3) is 0 Å². The molecule has 7 heteroatoms. The zero-order valence-electron chi connectivity index (χ0n) is 22.3. The van der Waals surface area contributed by atoms with E-state index in [9.17, 15) is 14.7 Å². The summed E-state index contributed by atoms with van der Waals surface area (Å²) in [7, 11) is 2.15. The van der Waals surface area contributed by atoms with Gasteiger partial charge in [0.1, 0.15) is 11.7 Å². The Bertz CT molecular complexity index is 887. The van der Waals surface area contributed by atoms with E-state index in [0.29, 0.717) is 30.7 Å². The summed E-state index contributed by atoms with van der Waals surface area (Å²) in [5.74, 6) is -0.376. The molecule has 1 saturated heterocycles. The highest BCUT2D eigenvalue weighted by atomic mass is 16.3.